The normalized spacial score (nSPS) is 18.7. The van der Waals surface area contributed by atoms with Gasteiger partial charge in [0, 0.05) is 19.4 Å². The van der Waals surface area contributed by atoms with Gasteiger partial charge in [0.05, 0.1) is 85.0 Å². The van der Waals surface area contributed by atoms with E-state index in [0.29, 0.717) is 16.7 Å². The smallest absolute Gasteiger partial charge is 0.463 e. The number of ether oxygens (including phenoxy) is 8. The maximum Gasteiger partial charge on any atom is 0.475 e. The second kappa shape index (κ2) is 36.8. The molecule has 0 radical (unpaired) electrons. The van der Waals surface area contributed by atoms with Gasteiger partial charge in [0.1, 0.15) is 43.2 Å². The number of nitrogens with zero attached hydrogens (tertiary/aromatic N) is 1. The van der Waals surface area contributed by atoms with Crippen molar-refractivity contribution in [3.05, 3.63) is 179 Å². The number of hydrogen-bond donors (Lipinski definition) is 2. The van der Waals surface area contributed by atoms with Crippen molar-refractivity contribution in [1.29, 1.82) is 5.26 Å². The first kappa shape index (κ1) is 82.1. The van der Waals surface area contributed by atoms with E-state index in [2.05, 4.69) is 0 Å². The molecule has 35 heteroatoms. The molecule has 1 unspecified atom stereocenters. The van der Waals surface area contributed by atoms with Gasteiger partial charge in [0.2, 0.25) is 5.91 Å². The number of aliphatic hydroxyl groups is 1. The molecule has 1 saturated heterocycles. The third-order valence-corrected chi connectivity index (χ3v) is 16.2. The third kappa shape index (κ3) is 21.8. The van der Waals surface area contributed by atoms with Gasteiger partial charge in [-0.05, 0) is 34.2 Å². The van der Waals surface area contributed by atoms with E-state index in [-0.39, 0.29) is 46.1 Å². The number of nitriles is 1. The Morgan fingerprint density at radius 3 is 1.43 bits per heavy atom. The summed E-state index contributed by atoms with van der Waals surface area (Å²) in [6.45, 7) is -5.61. The number of esters is 1. The summed E-state index contributed by atoms with van der Waals surface area (Å²) in [6.07, 6.45) is -24.0. The lowest BCUT2D eigenvalue weighted by atomic mass is 9.88. The lowest BCUT2D eigenvalue weighted by Crippen LogP contribution is -2.74. The minimum atomic E-state index is -8.80. The van der Waals surface area contributed by atoms with Gasteiger partial charge in [0.15, 0.2) is 6.29 Å². The Morgan fingerprint density at radius 2 is 0.960 bits per heavy atom. The largest absolute Gasteiger partial charge is 0.475 e. The molecule has 100 heavy (non-hydrogen) atoms. The average Bonchev–Trinajstić information content (AvgIpc) is 0.697. The highest BCUT2D eigenvalue weighted by Gasteiger charge is 2.95. The zero-order valence-corrected chi connectivity index (χ0v) is 53.4. The Balaban J connectivity index is 1.25. The molecule has 1 amide bonds. The van der Waals surface area contributed by atoms with Crippen LogP contribution in [-0.4, -0.2) is 154 Å². The molecular formula is C65H68F17N2O15P. The predicted octanol–water partition coefficient (Wildman–Crippen LogP) is 13.9. The molecule has 0 spiro atoms. The van der Waals surface area contributed by atoms with Gasteiger partial charge in [0.25, 0.3) is 0 Å². The van der Waals surface area contributed by atoms with Crippen molar-refractivity contribution >= 4 is 19.7 Å². The summed E-state index contributed by atoms with van der Waals surface area (Å²) in [4.78, 5) is 26.3. The molecule has 5 aromatic rings. The van der Waals surface area contributed by atoms with Gasteiger partial charge in [-0.2, -0.15) is 79.9 Å². The van der Waals surface area contributed by atoms with E-state index in [1.165, 1.54) is 0 Å². The van der Waals surface area contributed by atoms with E-state index < -0.39 is 176 Å². The van der Waals surface area contributed by atoms with Crippen LogP contribution in [0, 0.1) is 11.3 Å². The molecule has 552 valence electrons. The van der Waals surface area contributed by atoms with E-state index in [1.807, 2.05) is 12.1 Å². The second-order valence-corrected chi connectivity index (χ2v) is 23.9. The van der Waals surface area contributed by atoms with Crippen LogP contribution in [0.1, 0.15) is 59.9 Å². The Bertz CT molecular complexity index is 3360. The minimum Gasteiger partial charge on any atom is -0.463 e. The second-order valence-electron chi connectivity index (χ2n) is 22.3. The van der Waals surface area contributed by atoms with Gasteiger partial charge in [-0.1, -0.05) is 152 Å². The molecule has 0 bridgehead atoms. The Kier molecular flexibility index (Phi) is 30.2. The highest BCUT2D eigenvalue weighted by Crippen LogP contribution is 2.64. The molecule has 0 aromatic heterocycles. The van der Waals surface area contributed by atoms with E-state index in [9.17, 15) is 99.2 Å². The minimum absolute atomic E-state index is 0.0120. The molecule has 0 aliphatic carbocycles. The number of carbonyl (C=O) groups is 2. The number of rotatable bonds is 43. The van der Waals surface area contributed by atoms with E-state index in [0.717, 1.165) is 11.1 Å². The molecule has 1 heterocycles. The highest BCUT2D eigenvalue weighted by atomic mass is 31.2. The molecule has 6 rings (SSSR count). The first-order chi connectivity index (χ1) is 47.1. The Labute approximate surface area is 561 Å². The molecular weight excluding hydrogens is 1400 g/mol. The van der Waals surface area contributed by atoms with Crippen LogP contribution in [0.15, 0.2) is 152 Å². The number of aliphatic hydroxyl groups excluding tert-OH is 1. The molecule has 5 aromatic carbocycles. The van der Waals surface area contributed by atoms with Gasteiger partial charge in [-0.15, -0.1) is 0 Å². The quantitative estimate of drug-likeness (QED) is 0.0161. The van der Waals surface area contributed by atoms with E-state index in [1.54, 1.807) is 151 Å². The lowest BCUT2D eigenvalue weighted by Gasteiger charge is -2.46. The number of amides is 1. The van der Waals surface area contributed by atoms with Crippen LogP contribution in [0.2, 0.25) is 0 Å². The summed E-state index contributed by atoms with van der Waals surface area (Å²) in [7, 11) is -4.92. The van der Waals surface area contributed by atoms with Crippen molar-refractivity contribution < 1.29 is 145 Å². The standard InChI is InChI=1S/C65H68F17N2O15P/c66-58(67,59(68,69)60(70,71)61(72,73)62(74,75)63(76,77)64(78,79)65(80,81)82)30-16-32-84-52(86)28-29-53(87)91-40-50(42-97-100(88,95-33-17-31-83)96-41-49(34-85)90-36-45-20-8-2-9-21-45)98-57-56(94-39-48-26-14-5-15-27-48)55(93-38-47-24-12-4-13-25-47)54(92-37-46-22-10-3-11-23-46)51(99-57)43-89-35-44-18-6-1-7-19-44/h1-15,18-27,49-51,54-57,85H,16-17,28-30,32-43H2,(H,84,86)/t49-,50+,51+,54+,55-,56+,57-,100?/m0/s1. The van der Waals surface area contributed by atoms with Crippen LogP contribution in [0.3, 0.4) is 0 Å². The number of phosphoric ester groups is 1. The summed E-state index contributed by atoms with van der Waals surface area (Å²) in [5.74, 6) is -60.3. The first-order valence-electron chi connectivity index (χ1n) is 30.3. The van der Waals surface area contributed by atoms with Gasteiger partial charge in [-0.25, -0.2) is 4.57 Å². The van der Waals surface area contributed by atoms with Crippen molar-refractivity contribution in [3.8, 4) is 6.07 Å². The molecule has 1 aliphatic heterocycles. The maximum absolute atomic E-state index is 14.6. The number of hydrogen-bond acceptors (Lipinski definition) is 16. The van der Waals surface area contributed by atoms with E-state index >= 15 is 0 Å². The summed E-state index contributed by atoms with van der Waals surface area (Å²) < 4.78 is 318. The van der Waals surface area contributed by atoms with Crippen LogP contribution in [0.25, 0.3) is 0 Å². The predicted molar refractivity (Wildman–Crippen MR) is 316 cm³/mol. The fraction of sp³-hybridized carbons (Fsp3) is 0.492. The van der Waals surface area contributed by atoms with Crippen molar-refractivity contribution in [2.24, 2.45) is 0 Å². The number of alkyl halides is 17. The average molecular weight is 1470 g/mol. The van der Waals surface area contributed by atoms with Crippen LogP contribution in [-0.2, 0) is 98.7 Å². The maximum atomic E-state index is 14.6. The number of nitrogens with one attached hydrogen (secondary N) is 1. The Hall–Kier alpha value is -6.87. The van der Waals surface area contributed by atoms with Crippen molar-refractivity contribution in [2.75, 3.05) is 46.2 Å². The molecule has 1 fully saturated rings. The number of benzene rings is 5. The van der Waals surface area contributed by atoms with Gasteiger partial charge >= 0.3 is 61.4 Å². The monoisotopic (exact) mass is 1470 g/mol. The zero-order chi connectivity index (χ0) is 73.5. The Morgan fingerprint density at radius 1 is 0.530 bits per heavy atom. The van der Waals surface area contributed by atoms with Crippen LogP contribution < -0.4 is 5.32 Å². The number of carbonyl (C=O) groups excluding carboxylic acids is 2. The van der Waals surface area contributed by atoms with Crippen molar-refractivity contribution in [1.82, 2.24) is 5.32 Å². The van der Waals surface area contributed by atoms with Crippen LogP contribution >= 0.6 is 7.82 Å². The molecule has 8 atom stereocenters. The molecule has 17 nitrogen and oxygen atoms in total. The van der Waals surface area contributed by atoms with Crippen LogP contribution in [0.5, 0.6) is 0 Å². The molecule has 1 aliphatic rings. The van der Waals surface area contributed by atoms with Crippen LogP contribution in [0.4, 0.5) is 74.6 Å². The fourth-order valence-electron chi connectivity index (χ4n) is 9.23. The lowest BCUT2D eigenvalue weighted by molar-refractivity contribution is -0.461. The molecule has 0 saturated carbocycles. The fourth-order valence-corrected chi connectivity index (χ4v) is 10.5. The summed E-state index contributed by atoms with van der Waals surface area (Å²) >= 11 is 0. The van der Waals surface area contributed by atoms with Crippen molar-refractivity contribution in [2.45, 2.75) is 156 Å². The topological polar surface area (TPSA) is 209 Å². The SMILES string of the molecule is N#CCCOP(=O)(OC[C@H](CO)OCc1ccccc1)OC[C@@H](COC(=O)CCC(=O)NCCCC(F)(F)C(F)(F)C(F)(F)C(F)(F)C(F)(F)C(F)(F)C(F)(F)C(F)(F)F)O[C@H]1O[C@H](COCc2ccccc2)[C@@H](OCc2ccccc2)[C@H](OCc2ccccc2)[C@H]1OCc1ccccc1. The van der Waals surface area contributed by atoms with E-state index in [4.69, 9.17) is 51.5 Å². The summed E-state index contributed by atoms with van der Waals surface area (Å²) in [5.41, 5.74) is 3.48. The summed E-state index contributed by atoms with van der Waals surface area (Å²) in [5, 5.41) is 21.3. The number of halogens is 17. The molecule has 2 N–H and O–H groups in total. The zero-order valence-electron chi connectivity index (χ0n) is 52.5. The van der Waals surface area contributed by atoms with Crippen molar-refractivity contribution in [3.63, 3.8) is 0 Å². The third-order valence-electron chi connectivity index (χ3n) is 14.8. The first-order valence-corrected chi connectivity index (χ1v) is 31.8. The summed E-state index contributed by atoms with van der Waals surface area (Å²) in [6, 6.07) is 46.0. The number of phosphoric acid groups is 1. The van der Waals surface area contributed by atoms with Gasteiger partial charge in [-0.3, -0.25) is 23.2 Å². The van der Waals surface area contributed by atoms with Gasteiger partial charge < -0.3 is 48.3 Å². The highest BCUT2D eigenvalue weighted by molar-refractivity contribution is 7.48.